The largest absolute Gasteiger partial charge is 0.506 e. The fourth-order valence-electron chi connectivity index (χ4n) is 2.30. The van der Waals surface area contributed by atoms with Crippen LogP contribution in [0.15, 0.2) is 64.8 Å². The van der Waals surface area contributed by atoms with Gasteiger partial charge in [0, 0.05) is 17.5 Å². The van der Waals surface area contributed by atoms with Crippen molar-refractivity contribution in [1.82, 2.24) is 0 Å². The Labute approximate surface area is 140 Å². The second-order valence-electron chi connectivity index (χ2n) is 5.08. The second-order valence-corrected chi connectivity index (χ2v) is 5.08. The highest BCUT2D eigenvalue weighted by Crippen LogP contribution is 2.36. The maximum absolute atomic E-state index is 10.9. The third kappa shape index (κ3) is 3.24. The SMILES string of the molecule is O=[N+]([O-])c1cc(N=Nc2c(O)ccc3ccccc23)cc([N+](=O)[O-])c1. The van der Waals surface area contributed by atoms with Crippen LogP contribution in [0.4, 0.5) is 22.7 Å². The lowest BCUT2D eigenvalue weighted by Crippen LogP contribution is -1.92. The monoisotopic (exact) mass is 338 g/mol. The van der Waals surface area contributed by atoms with Crippen LogP contribution in [0.5, 0.6) is 5.75 Å². The summed E-state index contributed by atoms with van der Waals surface area (Å²) in [6, 6.07) is 13.3. The number of hydrogen-bond acceptors (Lipinski definition) is 7. The van der Waals surface area contributed by atoms with Crippen LogP contribution in [-0.4, -0.2) is 15.0 Å². The van der Waals surface area contributed by atoms with Gasteiger partial charge in [0.05, 0.1) is 21.6 Å². The first-order chi connectivity index (χ1) is 12.0. The Morgan fingerprint density at radius 2 is 1.48 bits per heavy atom. The summed E-state index contributed by atoms with van der Waals surface area (Å²) in [5.74, 6) is -0.123. The topological polar surface area (TPSA) is 131 Å². The molecule has 124 valence electrons. The molecule has 3 rings (SSSR count). The van der Waals surface area contributed by atoms with E-state index in [0.29, 0.717) is 5.39 Å². The van der Waals surface area contributed by atoms with Gasteiger partial charge in [-0.15, -0.1) is 10.2 Å². The van der Waals surface area contributed by atoms with Crippen LogP contribution in [-0.2, 0) is 0 Å². The molecular formula is C16H10N4O5. The van der Waals surface area contributed by atoms with Crippen molar-refractivity contribution < 1.29 is 15.0 Å². The average Bonchev–Trinajstić information content (AvgIpc) is 2.60. The van der Waals surface area contributed by atoms with E-state index in [-0.39, 0.29) is 17.1 Å². The highest BCUT2D eigenvalue weighted by atomic mass is 16.6. The number of fused-ring (bicyclic) bond motifs is 1. The molecule has 0 aromatic heterocycles. The summed E-state index contributed by atoms with van der Waals surface area (Å²) in [5.41, 5.74) is -0.823. The lowest BCUT2D eigenvalue weighted by Gasteiger charge is -2.03. The first-order valence-corrected chi connectivity index (χ1v) is 7.02. The second kappa shape index (κ2) is 6.32. The molecule has 1 N–H and O–H groups in total. The molecule has 0 heterocycles. The van der Waals surface area contributed by atoms with Gasteiger partial charge in [-0.05, 0) is 11.5 Å². The number of non-ortho nitro benzene ring substituents is 2. The molecule has 0 aliphatic carbocycles. The van der Waals surface area contributed by atoms with Gasteiger partial charge in [-0.25, -0.2) is 0 Å². The molecule has 0 amide bonds. The Morgan fingerprint density at radius 1 is 0.840 bits per heavy atom. The van der Waals surface area contributed by atoms with Crippen LogP contribution >= 0.6 is 0 Å². The number of rotatable bonds is 4. The van der Waals surface area contributed by atoms with Crippen LogP contribution in [0, 0.1) is 20.2 Å². The maximum Gasteiger partial charge on any atom is 0.278 e. The number of phenolic OH excluding ortho intramolecular Hbond substituents is 1. The van der Waals surface area contributed by atoms with Gasteiger partial charge in [0.15, 0.2) is 0 Å². The van der Waals surface area contributed by atoms with Crippen LogP contribution in [0.1, 0.15) is 0 Å². The maximum atomic E-state index is 10.9. The number of hydrogen-bond donors (Lipinski definition) is 1. The minimum Gasteiger partial charge on any atom is -0.506 e. The van der Waals surface area contributed by atoms with Crippen molar-refractivity contribution >= 4 is 33.5 Å². The van der Waals surface area contributed by atoms with Crippen molar-refractivity contribution in [3.63, 3.8) is 0 Å². The van der Waals surface area contributed by atoms with Crippen LogP contribution in [0.2, 0.25) is 0 Å². The number of nitrogens with zero attached hydrogens (tertiary/aromatic N) is 4. The number of phenols is 1. The zero-order valence-electron chi connectivity index (χ0n) is 12.6. The molecule has 0 fully saturated rings. The Kier molecular flexibility index (Phi) is 4.04. The Balaban J connectivity index is 2.10. The van der Waals surface area contributed by atoms with Crippen molar-refractivity contribution in [2.75, 3.05) is 0 Å². The van der Waals surface area contributed by atoms with E-state index < -0.39 is 21.2 Å². The zero-order chi connectivity index (χ0) is 18.0. The molecule has 25 heavy (non-hydrogen) atoms. The first-order valence-electron chi connectivity index (χ1n) is 7.02. The Bertz CT molecular complexity index is 1000. The summed E-state index contributed by atoms with van der Waals surface area (Å²) in [5, 5.41) is 41.0. The molecule has 0 unspecified atom stereocenters. The molecule has 0 saturated heterocycles. The molecule has 0 spiro atoms. The van der Waals surface area contributed by atoms with Gasteiger partial charge < -0.3 is 5.11 Å². The zero-order valence-corrected chi connectivity index (χ0v) is 12.6. The van der Waals surface area contributed by atoms with Crippen molar-refractivity contribution in [3.8, 4) is 5.75 Å². The molecular weight excluding hydrogens is 328 g/mol. The molecule has 0 saturated carbocycles. The average molecular weight is 338 g/mol. The van der Waals surface area contributed by atoms with Gasteiger partial charge in [-0.3, -0.25) is 20.2 Å². The molecule has 0 aliphatic rings. The predicted octanol–water partition coefficient (Wildman–Crippen LogP) is 4.78. The van der Waals surface area contributed by atoms with E-state index in [0.717, 1.165) is 23.6 Å². The quantitative estimate of drug-likeness (QED) is 0.415. The predicted molar refractivity (Wildman–Crippen MR) is 89.5 cm³/mol. The Morgan fingerprint density at radius 3 is 2.12 bits per heavy atom. The van der Waals surface area contributed by atoms with E-state index >= 15 is 0 Å². The first kappa shape index (κ1) is 16.0. The lowest BCUT2D eigenvalue weighted by atomic mass is 10.1. The van der Waals surface area contributed by atoms with Gasteiger partial charge in [0.2, 0.25) is 0 Å². The molecule has 3 aromatic carbocycles. The number of nitro groups is 2. The molecule has 3 aromatic rings. The van der Waals surface area contributed by atoms with Crippen LogP contribution in [0.25, 0.3) is 10.8 Å². The van der Waals surface area contributed by atoms with Gasteiger partial charge >= 0.3 is 0 Å². The number of nitro benzene ring substituents is 2. The minimum absolute atomic E-state index is 0.0618. The van der Waals surface area contributed by atoms with Gasteiger partial charge in [0.1, 0.15) is 11.4 Å². The van der Waals surface area contributed by atoms with Gasteiger partial charge in [-0.2, -0.15) is 0 Å². The minimum atomic E-state index is -0.749. The summed E-state index contributed by atoms with van der Waals surface area (Å²) in [6.45, 7) is 0. The fraction of sp³-hybridized carbons (Fsp3) is 0. The van der Waals surface area contributed by atoms with Crippen LogP contribution in [0.3, 0.4) is 0 Å². The molecule has 9 nitrogen and oxygen atoms in total. The third-order valence-electron chi connectivity index (χ3n) is 3.45. The van der Waals surface area contributed by atoms with E-state index in [4.69, 9.17) is 0 Å². The summed E-state index contributed by atoms with van der Waals surface area (Å²) >= 11 is 0. The van der Waals surface area contributed by atoms with Gasteiger partial charge in [-0.1, -0.05) is 30.3 Å². The van der Waals surface area contributed by atoms with E-state index in [9.17, 15) is 25.3 Å². The summed E-state index contributed by atoms with van der Waals surface area (Å²) < 4.78 is 0. The highest BCUT2D eigenvalue weighted by Gasteiger charge is 2.16. The van der Waals surface area contributed by atoms with Gasteiger partial charge in [0.25, 0.3) is 11.4 Å². The summed E-state index contributed by atoms with van der Waals surface area (Å²) in [6.07, 6.45) is 0. The number of aromatic hydroxyl groups is 1. The standard InChI is InChI=1S/C16H10N4O5/c21-15-6-5-10-3-1-2-4-14(10)16(15)18-17-11-7-12(19(22)23)9-13(8-11)20(24)25/h1-9,21H. The van der Waals surface area contributed by atoms with E-state index in [2.05, 4.69) is 10.2 Å². The molecule has 0 bridgehead atoms. The lowest BCUT2D eigenvalue weighted by molar-refractivity contribution is -0.394. The molecule has 0 atom stereocenters. The highest BCUT2D eigenvalue weighted by molar-refractivity contribution is 5.95. The van der Waals surface area contributed by atoms with Crippen molar-refractivity contribution in [2.24, 2.45) is 10.2 Å². The van der Waals surface area contributed by atoms with Crippen molar-refractivity contribution in [2.45, 2.75) is 0 Å². The Hall–Kier alpha value is -3.88. The van der Waals surface area contributed by atoms with Crippen molar-refractivity contribution in [1.29, 1.82) is 0 Å². The summed E-state index contributed by atoms with van der Waals surface area (Å²) in [4.78, 5) is 20.3. The number of azo groups is 1. The third-order valence-corrected chi connectivity index (χ3v) is 3.45. The van der Waals surface area contributed by atoms with Crippen LogP contribution < -0.4 is 0 Å². The van der Waals surface area contributed by atoms with E-state index in [1.807, 2.05) is 12.1 Å². The summed E-state index contributed by atoms with van der Waals surface area (Å²) in [7, 11) is 0. The van der Waals surface area contributed by atoms with E-state index in [1.54, 1.807) is 18.2 Å². The molecule has 0 aliphatic heterocycles. The number of benzene rings is 3. The normalized spacial score (nSPS) is 11.0. The van der Waals surface area contributed by atoms with E-state index in [1.165, 1.54) is 6.07 Å². The molecule has 9 heteroatoms. The molecule has 0 radical (unpaired) electrons. The van der Waals surface area contributed by atoms with Crippen molar-refractivity contribution in [3.05, 3.63) is 74.8 Å². The smallest absolute Gasteiger partial charge is 0.278 e. The fourth-order valence-corrected chi connectivity index (χ4v) is 2.30.